The van der Waals surface area contributed by atoms with E-state index in [-0.39, 0.29) is 19.0 Å². The summed E-state index contributed by atoms with van der Waals surface area (Å²) in [5, 5.41) is 0. The Morgan fingerprint density at radius 1 is 0.955 bits per heavy atom. The van der Waals surface area contributed by atoms with Crippen LogP contribution < -0.4 is 4.74 Å². The number of esters is 1. The van der Waals surface area contributed by atoms with E-state index in [1.807, 2.05) is 0 Å². The van der Waals surface area contributed by atoms with Crippen LogP contribution in [0, 0.1) is 11.6 Å². The quantitative estimate of drug-likeness (QED) is 0.465. The lowest BCUT2D eigenvalue weighted by atomic mass is 10.2. The molecule has 0 saturated carbocycles. The van der Waals surface area contributed by atoms with Crippen molar-refractivity contribution >= 4 is 12.0 Å². The molecule has 0 saturated heterocycles. The Hall–Kier alpha value is -2.69. The van der Waals surface area contributed by atoms with Gasteiger partial charge in [-0.1, -0.05) is 30.3 Å². The third-order valence-corrected chi connectivity index (χ3v) is 2.73. The third kappa shape index (κ3) is 4.70. The summed E-state index contributed by atoms with van der Waals surface area (Å²) in [6.45, 7) is -0.00497. The van der Waals surface area contributed by atoms with Crippen LogP contribution in [0.3, 0.4) is 0 Å². The molecular weight excluding hydrogens is 290 g/mol. The fourth-order valence-corrected chi connectivity index (χ4v) is 1.67. The molecule has 2 rings (SSSR count). The summed E-state index contributed by atoms with van der Waals surface area (Å²) in [6.07, 6.45) is 2.46. The molecule has 2 aromatic rings. The number of hydrogen-bond donors (Lipinski definition) is 0. The van der Waals surface area contributed by atoms with E-state index in [9.17, 15) is 13.6 Å². The van der Waals surface area contributed by atoms with Crippen LogP contribution in [0.4, 0.5) is 8.78 Å². The lowest BCUT2D eigenvalue weighted by Crippen LogP contribution is -2.10. The predicted octanol–water partition coefficient (Wildman–Crippen LogP) is 3.60. The molecule has 0 spiro atoms. The molecule has 0 aliphatic carbocycles. The van der Waals surface area contributed by atoms with E-state index >= 15 is 0 Å². The maximum atomic E-state index is 13.3. The molecule has 0 bridgehead atoms. The summed E-state index contributed by atoms with van der Waals surface area (Å²) < 4.78 is 36.6. The molecule has 2 aromatic carbocycles. The molecule has 0 heterocycles. The zero-order chi connectivity index (χ0) is 15.8. The van der Waals surface area contributed by atoms with Crippen molar-refractivity contribution in [3.05, 3.63) is 71.8 Å². The second kappa shape index (κ2) is 7.93. The normalized spacial score (nSPS) is 10.6. The van der Waals surface area contributed by atoms with Gasteiger partial charge >= 0.3 is 5.97 Å². The summed E-state index contributed by atoms with van der Waals surface area (Å²) in [4.78, 5) is 11.4. The van der Waals surface area contributed by atoms with Crippen molar-refractivity contribution in [3.63, 3.8) is 0 Å². The van der Waals surface area contributed by atoms with E-state index < -0.39 is 17.6 Å². The lowest BCUT2D eigenvalue weighted by Gasteiger charge is -2.06. The Morgan fingerprint density at radius 2 is 1.64 bits per heavy atom. The van der Waals surface area contributed by atoms with Crippen molar-refractivity contribution in [2.75, 3.05) is 13.2 Å². The fraction of sp³-hybridized carbons (Fsp3) is 0.118. The van der Waals surface area contributed by atoms with Gasteiger partial charge in [-0.2, -0.15) is 0 Å². The van der Waals surface area contributed by atoms with Crippen LogP contribution in [-0.2, 0) is 9.53 Å². The molecule has 114 valence electrons. The zero-order valence-electron chi connectivity index (χ0n) is 11.7. The maximum absolute atomic E-state index is 13.3. The predicted molar refractivity (Wildman–Crippen MR) is 78.3 cm³/mol. The van der Waals surface area contributed by atoms with Crippen molar-refractivity contribution in [1.29, 1.82) is 0 Å². The first-order chi connectivity index (χ1) is 10.7. The van der Waals surface area contributed by atoms with Gasteiger partial charge in [-0.3, -0.25) is 0 Å². The molecule has 0 amide bonds. The summed E-state index contributed by atoms with van der Waals surface area (Å²) in [6, 6.07) is 12.0. The molecule has 22 heavy (non-hydrogen) atoms. The first-order valence-electron chi connectivity index (χ1n) is 6.63. The monoisotopic (exact) mass is 304 g/mol. The van der Waals surface area contributed by atoms with Gasteiger partial charge in [-0.05, 0) is 24.3 Å². The summed E-state index contributed by atoms with van der Waals surface area (Å²) >= 11 is 0. The minimum absolute atomic E-state index is 0.0280. The molecule has 0 atom stereocenters. The van der Waals surface area contributed by atoms with Crippen LogP contribution in [0.1, 0.15) is 5.56 Å². The Balaban J connectivity index is 1.74. The minimum atomic E-state index is -0.625. The summed E-state index contributed by atoms with van der Waals surface area (Å²) in [5.74, 6) is -1.43. The van der Waals surface area contributed by atoms with Crippen molar-refractivity contribution < 1.29 is 23.0 Å². The average Bonchev–Trinajstić information content (AvgIpc) is 2.52. The second-order valence-corrected chi connectivity index (χ2v) is 4.30. The Morgan fingerprint density at radius 3 is 2.36 bits per heavy atom. The number of para-hydroxylation sites is 1. The molecular formula is C17H14F2O3. The van der Waals surface area contributed by atoms with Gasteiger partial charge in [0.15, 0.2) is 11.6 Å². The zero-order valence-corrected chi connectivity index (χ0v) is 11.7. The van der Waals surface area contributed by atoms with E-state index in [4.69, 9.17) is 9.47 Å². The van der Waals surface area contributed by atoms with E-state index in [0.29, 0.717) is 5.56 Å². The Bertz CT molecular complexity index is 668. The first kappa shape index (κ1) is 15.7. The number of ether oxygens (including phenoxy) is 2. The molecule has 0 radical (unpaired) electrons. The van der Waals surface area contributed by atoms with Crippen molar-refractivity contribution in [2.45, 2.75) is 0 Å². The summed E-state index contributed by atoms with van der Waals surface area (Å²) in [7, 11) is 0. The van der Waals surface area contributed by atoms with Crippen LogP contribution in [0.2, 0.25) is 0 Å². The molecule has 0 N–H and O–H groups in total. The van der Waals surface area contributed by atoms with Gasteiger partial charge in [0, 0.05) is 11.6 Å². The topological polar surface area (TPSA) is 35.5 Å². The smallest absolute Gasteiger partial charge is 0.330 e. The highest BCUT2D eigenvalue weighted by Gasteiger charge is 2.03. The molecule has 0 aliphatic heterocycles. The van der Waals surface area contributed by atoms with Gasteiger partial charge in [0.05, 0.1) is 0 Å². The van der Waals surface area contributed by atoms with Gasteiger partial charge in [-0.25, -0.2) is 13.6 Å². The van der Waals surface area contributed by atoms with Crippen LogP contribution >= 0.6 is 0 Å². The van der Waals surface area contributed by atoms with Gasteiger partial charge in [-0.15, -0.1) is 0 Å². The number of carbonyl (C=O) groups is 1. The van der Waals surface area contributed by atoms with E-state index in [1.165, 1.54) is 24.3 Å². The average molecular weight is 304 g/mol. The van der Waals surface area contributed by atoms with Gasteiger partial charge in [0.1, 0.15) is 19.0 Å². The number of rotatable bonds is 6. The number of carbonyl (C=O) groups excluding carboxylic acids is 1. The molecule has 0 aromatic heterocycles. The second-order valence-electron chi connectivity index (χ2n) is 4.30. The number of benzene rings is 2. The molecule has 0 aliphatic rings. The van der Waals surface area contributed by atoms with Gasteiger partial charge in [0.2, 0.25) is 0 Å². The fourth-order valence-electron chi connectivity index (χ4n) is 1.67. The SMILES string of the molecule is O=C(C=Cc1ccccc1F)OCCOc1ccccc1F. The Kier molecular flexibility index (Phi) is 5.65. The van der Waals surface area contributed by atoms with Gasteiger partial charge in [0.25, 0.3) is 0 Å². The van der Waals surface area contributed by atoms with Crippen molar-refractivity contribution in [2.24, 2.45) is 0 Å². The number of halogens is 2. The Labute approximate surface area is 126 Å². The largest absolute Gasteiger partial charge is 0.487 e. The molecule has 0 fully saturated rings. The van der Waals surface area contributed by atoms with Crippen molar-refractivity contribution in [3.8, 4) is 5.75 Å². The van der Waals surface area contributed by atoms with Crippen LogP contribution in [0.25, 0.3) is 6.08 Å². The van der Waals surface area contributed by atoms with Crippen LogP contribution in [0.15, 0.2) is 54.6 Å². The van der Waals surface area contributed by atoms with Crippen molar-refractivity contribution in [1.82, 2.24) is 0 Å². The molecule has 0 unspecified atom stereocenters. The van der Waals surface area contributed by atoms with Gasteiger partial charge < -0.3 is 9.47 Å². The highest BCUT2D eigenvalue weighted by Crippen LogP contribution is 2.15. The highest BCUT2D eigenvalue weighted by molar-refractivity contribution is 5.87. The van der Waals surface area contributed by atoms with E-state index in [0.717, 1.165) is 6.08 Å². The number of hydrogen-bond acceptors (Lipinski definition) is 3. The standard InChI is InChI=1S/C17H14F2O3/c18-14-6-2-1-5-13(14)9-10-17(20)22-12-11-21-16-8-4-3-7-15(16)19/h1-10H,11-12H2. The highest BCUT2D eigenvalue weighted by atomic mass is 19.1. The van der Waals surface area contributed by atoms with E-state index in [2.05, 4.69) is 0 Å². The first-order valence-corrected chi connectivity index (χ1v) is 6.63. The molecule has 5 heteroatoms. The lowest BCUT2D eigenvalue weighted by molar-refractivity contribution is -0.138. The maximum Gasteiger partial charge on any atom is 0.330 e. The summed E-state index contributed by atoms with van der Waals surface area (Å²) in [5.41, 5.74) is 0.294. The van der Waals surface area contributed by atoms with Crippen LogP contribution in [0.5, 0.6) is 5.75 Å². The third-order valence-electron chi connectivity index (χ3n) is 2.73. The minimum Gasteiger partial charge on any atom is -0.487 e. The van der Waals surface area contributed by atoms with E-state index in [1.54, 1.807) is 30.3 Å². The van der Waals surface area contributed by atoms with Crippen LogP contribution in [-0.4, -0.2) is 19.2 Å². The molecule has 3 nitrogen and oxygen atoms in total.